The number of rotatable bonds is 5. The van der Waals surface area contributed by atoms with Gasteiger partial charge in [0.25, 0.3) is 5.91 Å². The summed E-state index contributed by atoms with van der Waals surface area (Å²) in [6.45, 7) is 3.51. The summed E-state index contributed by atoms with van der Waals surface area (Å²) in [6.07, 6.45) is 0.854. The third-order valence-corrected chi connectivity index (χ3v) is 4.85. The van der Waals surface area contributed by atoms with Crippen molar-refractivity contribution in [1.29, 1.82) is 5.26 Å². The van der Waals surface area contributed by atoms with E-state index in [2.05, 4.69) is 34.1 Å². The van der Waals surface area contributed by atoms with Gasteiger partial charge >= 0.3 is 0 Å². The summed E-state index contributed by atoms with van der Waals surface area (Å²) in [5.74, 6) is 0.824. The number of nitrogens with zero attached hydrogens (tertiary/aromatic N) is 2. The van der Waals surface area contributed by atoms with E-state index in [0.29, 0.717) is 41.2 Å². The summed E-state index contributed by atoms with van der Waals surface area (Å²) < 4.78 is 11.9. The highest BCUT2D eigenvalue weighted by molar-refractivity contribution is 9.10. The van der Waals surface area contributed by atoms with Crippen molar-refractivity contribution in [3.63, 3.8) is 0 Å². The van der Waals surface area contributed by atoms with Gasteiger partial charge in [-0.2, -0.15) is 5.26 Å². The number of amides is 1. The van der Waals surface area contributed by atoms with Gasteiger partial charge in [0.05, 0.1) is 22.7 Å². The molecule has 26 heavy (non-hydrogen) atoms. The predicted octanol–water partition coefficient (Wildman–Crippen LogP) is 3.68. The number of benzene rings is 2. The maximum Gasteiger partial charge on any atom is 0.260 e. The molecule has 0 aromatic heterocycles. The molecule has 1 amide bonds. The normalized spacial score (nSPS) is 12.9. The first-order valence-corrected chi connectivity index (χ1v) is 9.25. The molecule has 1 heterocycles. The zero-order valence-corrected chi connectivity index (χ0v) is 16.1. The van der Waals surface area contributed by atoms with Gasteiger partial charge in [0.1, 0.15) is 0 Å². The van der Waals surface area contributed by atoms with Gasteiger partial charge in [0.15, 0.2) is 18.1 Å². The van der Waals surface area contributed by atoms with Crippen molar-refractivity contribution >= 4 is 21.8 Å². The van der Waals surface area contributed by atoms with Crippen LogP contribution in [0, 0.1) is 11.3 Å². The largest absolute Gasteiger partial charge is 0.490 e. The van der Waals surface area contributed by atoms with Crippen molar-refractivity contribution in [1.82, 2.24) is 4.90 Å². The third-order valence-electron chi connectivity index (χ3n) is 4.26. The highest BCUT2D eigenvalue weighted by atomic mass is 79.9. The van der Waals surface area contributed by atoms with Crippen LogP contribution in [-0.2, 0) is 17.8 Å². The maximum absolute atomic E-state index is 12.6. The van der Waals surface area contributed by atoms with Crippen molar-refractivity contribution in [3.05, 3.63) is 57.6 Å². The minimum absolute atomic E-state index is 0.0711. The first kappa shape index (κ1) is 18.3. The quantitative estimate of drug-likeness (QED) is 0.748. The highest BCUT2D eigenvalue weighted by Crippen LogP contribution is 2.36. The SMILES string of the molecule is CCOc1cc(C#N)cc(Br)c1OCC(=O)N1CCc2ccccc2C1. The first-order valence-electron chi connectivity index (χ1n) is 8.46. The standard InChI is InChI=1S/C20H19BrN2O3/c1-2-25-18-10-14(11-22)9-17(21)20(18)26-13-19(24)23-8-7-15-5-3-4-6-16(15)12-23/h3-6,9-10H,2,7-8,12-13H2,1H3. The number of carbonyl (C=O) groups is 1. The second-order valence-corrected chi connectivity index (χ2v) is 6.81. The molecule has 6 heteroatoms. The van der Waals surface area contributed by atoms with Gasteiger partial charge in [-0.15, -0.1) is 0 Å². The van der Waals surface area contributed by atoms with Gasteiger partial charge in [-0.1, -0.05) is 24.3 Å². The van der Waals surface area contributed by atoms with Gasteiger partial charge in [-0.05, 0) is 46.5 Å². The summed E-state index contributed by atoms with van der Waals surface area (Å²) in [7, 11) is 0. The van der Waals surface area contributed by atoms with Crippen LogP contribution in [0.25, 0.3) is 0 Å². The lowest BCUT2D eigenvalue weighted by Crippen LogP contribution is -2.38. The number of halogens is 1. The summed E-state index contributed by atoms with van der Waals surface area (Å²) in [5, 5.41) is 9.09. The Morgan fingerprint density at radius 3 is 2.77 bits per heavy atom. The van der Waals surface area contributed by atoms with Gasteiger partial charge in [0.2, 0.25) is 0 Å². The Bertz CT molecular complexity index is 861. The van der Waals surface area contributed by atoms with E-state index >= 15 is 0 Å². The van der Waals surface area contributed by atoms with Crippen molar-refractivity contribution < 1.29 is 14.3 Å². The molecule has 0 aliphatic carbocycles. The molecule has 0 saturated heterocycles. The van der Waals surface area contributed by atoms with E-state index in [1.165, 1.54) is 11.1 Å². The lowest BCUT2D eigenvalue weighted by molar-refractivity contribution is -0.134. The van der Waals surface area contributed by atoms with Crippen molar-refractivity contribution in [2.75, 3.05) is 19.8 Å². The number of hydrogen-bond donors (Lipinski definition) is 0. The van der Waals surface area contributed by atoms with Crippen LogP contribution in [0.2, 0.25) is 0 Å². The Labute approximate surface area is 161 Å². The van der Waals surface area contributed by atoms with E-state index in [1.807, 2.05) is 19.1 Å². The number of carbonyl (C=O) groups excluding carboxylic acids is 1. The van der Waals surface area contributed by atoms with Gasteiger partial charge in [-0.25, -0.2) is 0 Å². The number of ether oxygens (including phenoxy) is 2. The van der Waals surface area contributed by atoms with Crippen molar-refractivity contribution in [2.45, 2.75) is 19.9 Å². The van der Waals surface area contributed by atoms with Crippen molar-refractivity contribution in [2.24, 2.45) is 0 Å². The van der Waals surface area contributed by atoms with Gasteiger partial charge < -0.3 is 14.4 Å². The molecule has 5 nitrogen and oxygen atoms in total. The summed E-state index contributed by atoms with van der Waals surface area (Å²) in [6, 6.07) is 13.5. The summed E-state index contributed by atoms with van der Waals surface area (Å²) in [5.41, 5.74) is 2.94. The Hall–Kier alpha value is -2.52. The topological polar surface area (TPSA) is 62.6 Å². The van der Waals surface area contributed by atoms with E-state index in [4.69, 9.17) is 14.7 Å². The molecule has 0 fully saturated rings. The molecule has 3 rings (SSSR count). The minimum atomic E-state index is -0.0766. The molecule has 2 aromatic carbocycles. The fourth-order valence-electron chi connectivity index (χ4n) is 2.97. The zero-order valence-electron chi connectivity index (χ0n) is 14.5. The van der Waals surface area contributed by atoms with E-state index in [0.717, 1.165) is 6.42 Å². The van der Waals surface area contributed by atoms with Gasteiger partial charge in [-0.3, -0.25) is 4.79 Å². The molecule has 0 radical (unpaired) electrons. The Balaban J connectivity index is 1.69. The van der Waals surface area contributed by atoms with Crippen LogP contribution in [0.3, 0.4) is 0 Å². The third kappa shape index (κ3) is 4.00. The van der Waals surface area contributed by atoms with E-state index in [-0.39, 0.29) is 12.5 Å². The lowest BCUT2D eigenvalue weighted by Gasteiger charge is -2.29. The molecule has 134 valence electrons. The Morgan fingerprint density at radius 2 is 2.04 bits per heavy atom. The molecule has 1 aliphatic rings. The highest BCUT2D eigenvalue weighted by Gasteiger charge is 2.22. The summed E-state index contributed by atoms with van der Waals surface area (Å²) in [4.78, 5) is 14.4. The minimum Gasteiger partial charge on any atom is -0.490 e. The van der Waals surface area contributed by atoms with Crippen LogP contribution in [0.1, 0.15) is 23.6 Å². The van der Waals surface area contributed by atoms with Crippen molar-refractivity contribution in [3.8, 4) is 17.6 Å². The van der Waals surface area contributed by atoms with E-state index in [1.54, 1.807) is 17.0 Å². The van der Waals surface area contributed by atoms with E-state index < -0.39 is 0 Å². The molecule has 0 unspecified atom stereocenters. The average Bonchev–Trinajstić information content (AvgIpc) is 2.66. The molecule has 0 saturated carbocycles. The van der Waals surface area contributed by atoms with E-state index in [9.17, 15) is 4.79 Å². The van der Waals surface area contributed by atoms with Crippen LogP contribution in [0.4, 0.5) is 0 Å². The monoisotopic (exact) mass is 414 g/mol. The molecule has 0 spiro atoms. The Morgan fingerprint density at radius 1 is 1.27 bits per heavy atom. The van der Waals surface area contributed by atoms with Crippen LogP contribution < -0.4 is 9.47 Å². The van der Waals surface area contributed by atoms with Crippen LogP contribution in [0.5, 0.6) is 11.5 Å². The molecule has 2 aromatic rings. The Kier molecular flexibility index (Phi) is 5.79. The maximum atomic E-state index is 12.6. The number of nitriles is 1. The lowest BCUT2D eigenvalue weighted by atomic mass is 10.00. The van der Waals surface area contributed by atoms with Gasteiger partial charge in [0, 0.05) is 19.2 Å². The second-order valence-electron chi connectivity index (χ2n) is 5.95. The molecule has 0 atom stereocenters. The number of hydrogen-bond acceptors (Lipinski definition) is 4. The predicted molar refractivity (Wildman–Crippen MR) is 101 cm³/mol. The smallest absolute Gasteiger partial charge is 0.260 e. The molecule has 0 N–H and O–H groups in total. The fourth-order valence-corrected chi connectivity index (χ4v) is 3.53. The zero-order chi connectivity index (χ0) is 18.5. The first-order chi connectivity index (χ1) is 12.6. The van der Waals surface area contributed by atoms with Crippen LogP contribution in [-0.4, -0.2) is 30.6 Å². The fraction of sp³-hybridized carbons (Fsp3) is 0.300. The average molecular weight is 415 g/mol. The second kappa shape index (κ2) is 8.24. The van der Waals surface area contributed by atoms with Crippen LogP contribution in [0.15, 0.2) is 40.9 Å². The molecular formula is C20H19BrN2O3. The number of fused-ring (bicyclic) bond motifs is 1. The molecule has 0 bridgehead atoms. The van der Waals surface area contributed by atoms with Crippen LogP contribution >= 0.6 is 15.9 Å². The molecule has 1 aliphatic heterocycles. The molecular weight excluding hydrogens is 396 g/mol. The summed E-state index contributed by atoms with van der Waals surface area (Å²) >= 11 is 3.40.